The Kier molecular flexibility index (Phi) is 4.65. The second kappa shape index (κ2) is 7.26. The highest BCUT2D eigenvalue weighted by atomic mass is 19.1. The number of fused-ring (bicyclic) bond motifs is 3. The van der Waals surface area contributed by atoms with E-state index in [2.05, 4.69) is 15.5 Å². The van der Waals surface area contributed by atoms with Gasteiger partial charge >= 0.3 is 0 Å². The maximum atomic E-state index is 13.2. The molecule has 7 heteroatoms. The van der Waals surface area contributed by atoms with Crippen LogP contribution in [0.2, 0.25) is 0 Å². The van der Waals surface area contributed by atoms with E-state index >= 15 is 0 Å². The summed E-state index contributed by atoms with van der Waals surface area (Å²) in [7, 11) is 0. The molecule has 0 aliphatic heterocycles. The van der Waals surface area contributed by atoms with Gasteiger partial charge in [-0.3, -0.25) is 14.7 Å². The van der Waals surface area contributed by atoms with Crippen molar-refractivity contribution in [1.82, 2.24) is 20.1 Å². The lowest BCUT2D eigenvalue weighted by Gasteiger charge is -2.12. The summed E-state index contributed by atoms with van der Waals surface area (Å²) in [6, 6.07) is 13.2. The Balaban J connectivity index is 1.55. The lowest BCUT2D eigenvalue weighted by atomic mass is 10.1. The minimum absolute atomic E-state index is 0.101. The molecule has 1 amide bonds. The second-order valence-electron chi connectivity index (χ2n) is 6.67. The number of rotatable bonds is 5. The van der Waals surface area contributed by atoms with Gasteiger partial charge in [-0.1, -0.05) is 24.3 Å². The molecule has 2 aromatic carbocycles. The molecule has 0 bridgehead atoms. The summed E-state index contributed by atoms with van der Waals surface area (Å²) in [5, 5.41) is 11.4. The third-order valence-corrected chi connectivity index (χ3v) is 4.79. The number of benzene rings is 2. The number of aryl methyl sites for hydroxylation is 2. The monoisotopic (exact) mass is 378 g/mol. The van der Waals surface area contributed by atoms with Crippen LogP contribution in [0.5, 0.6) is 0 Å². The van der Waals surface area contributed by atoms with E-state index in [1.54, 1.807) is 10.6 Å². The molecule has 2 N–H and O–H groups in total. The number of pyridine rings is 1. The molecule has 0 spiro atoms. The summed E-state index contributed by atoms with van der Waals surface area (Å²) < 4.78 is 15.0. The van der Waals surface area contributed by atoms with Gasteiger partial charge in [-0.2, -0.15) is 5.10 Å². The number of hydrogen-bond acceptors (Lipinski definition) is 3. The van der Waals surface area contributed by atoms with Gasteiger partial charge in [0.15, 0.2) is 0 Å². The normalized spacial score (nSPS) is 11.2. The Hall–Kier alpha value is -3.48. The molecule has 0 radical (unpaired) electrons. The highest BCUT2D eigenvalue weighted by molar-refractivity contribution is 6.03. The zero-order valence-corrected chi connectivity index (χ0v) is 15.3. The van der Waals surface area contributed by atoms with Gasteiger partial charge < -0.3 is 9.88 Å². The van der Waals surface area contributed by atoms with Gasteiger partial charge in [0.05, 0.1) is 10.9 Å². The van der Waals surface area contributed by atoms with Crippen molar-refractivity contribution in [3.05, 3.63) is 76.0 Å². The van der Waals surface area contributed by atoms with Crippen molar-refractivity contribution in [3.8, 4) is 0 Å². The molecule has 0 saturated heterocycles. The number of amides is 1. The summed E-state index contributed by atoms with van der Waals surface area (Å²) in [4.78, 5) is 25.1. The number of carbonyl (C=O) groups is 1. The Morgan fingerprint density at radius 2 is 2.04 bits per heavy atom. The first kappa shape index (κ1) is 17.9. The van der Waals surface area contributed by atoms with Crippen molar-refractivity contribution in [2.75, 3.05) is 6.54 Å². The molecule has 2 aromatic heterocycles. The van der Waals surface area contributed by atoms with Gasteiger partial charge in [-0.15, -0.1) is 0 Å². The predicted molar refractivity (Wildman–Crippen MR) is 106 cm³/mol. The first-order chi connectivity index (χ1) is 13.6. The zero-order valence-electron chi connectivity index (χ0n) is 15.3. The van der Waals surface area contributed by atoms with E-state index in [1.165, 1.54) is 18.2 Å². The maximum absolute atomic E-state index is 13.2. The van der Waals surface area contributed by atoms with Crippen molar-refractivity contribution in [2.24, 2.45) is 0 Å². The van der Waals surface area contributed by atoms with Crippen LogP contribution < -0.4 is 10.9 Å². The van der Waals surface area contributed by atoms with E-state index in [0.29, 0.717) is 30.4 Å². The van der Waals surface area contributed by atoms with Crippen LogP contribution in [0, 0.1) is 12.7 Å². The average Bonchev–Trinajstić information content (AvgIpc) is 3.09. The van der Waals surface area contributed by atoms with Crippen LogP contribution in [-0.4, -0.2) is 27.2 Å². The van der Waals surface area contributed by atoms with Gasteiger partial charge in [-0.25, -0.2) is 4.39 Å². The van der Waals surface area contributed by atoms with E-state index in [1.807, 2.05) is 31.2 Å². The molecule has 4 rings (SSSR count). The van der Waals surface area contributed by atoms with Crippen LogP contribution in [0.1, 0.15) is 22.5 Å². The molecule has 6 nitrogen and oxygen atoms in total. The van der Waals surface area contributed by atoms with Gasteiger partial charge in [0.1, 0.15) is 11.3 Å². The van der Waals surface area contributed by atoms with Gasteiger partial charge in [-0.05, 0) is 37.6 Å². The van der Waals surface area contributed by atoms with E-state index in [4.69, 9.17) is 0 Å². The lowest BCUT2D eigenvalue weighted by molar-refractivity contribution is 0.0952. The number of para-hydroxylation sites is 1. The fourth-order valence-corrected chi connectivity index (χ4v) is 3.43. The minimum atomic E-state index is -0.450. The van der Waals surface area contributed by atoms with Crippen molar-refractivity contribution < 1.29 is 9.18 Å². The van der Waals surface area contributed by atoms with Crippen LogP contribution in [0.3, 0.4) is 0 Å². The smallest absolute Gasteiger partial charge is 0.262 e. The number of carbonyl (C=O) groups excluding carboxylic acids is 1. The minimum Gasteiger partial charge on any atom is -0.352 e. The van der Waals surface area contributed by atoms with Crippen molar-refractivity contribution >= 4 is 27.7 Å². The van der Waals surface area contributed by atoms with E-state index < -0.39 is 5.82 Å². The standard InChI is InChI=1S/C21H19FN4O2/c1-13-18-19(25-24-13)16-8-2-3-9-17(16)26(21(18)28)11-5-10-23-20(27)14-6-4-7-15(22)12-14/h2-4,6-9,12H,5,10-11H2,1H3,(H,23,27)(H,24,25). The fourth-order valence-electron chi connectivity index (χ4n) is 3.43. The number of hydrogen-bond donors (Lipinski definition) is 2. The Morgan fingerprint density at radius 3 is 2.86 bits per heavy atom. The van der Waals surface area contributed by atoms with E-state index in [0.717, 1.165) is 16.6 Å². The Bertz CT molecular complexity index is 1240. The van der Waals surface area contributed by atoms with Crippen LogP contribution >= 0.6 is 0 Å². The average molecular weight is 378 g/mol. The molecule has 0 fully saturated rings. The zero-order chi connectivity index (χ0) is 19.7. The summed E-state index contributed by atoms with van der Waals surface area (Å²) in [5.74, 6) is -0.785. The van der Waals surface area contributed by atoms with Crippen molar-refractivity contribution in [3.63, 3.8) is 0 Å². The molecule has 2 heterocycles. The molecular formula is C21H19FN4O2. The van der Waals surface area contributed by atoms with E-state index in [9.17, 15) is 14.0 Å². The number of aromatic nitrogens is 3. The second-order valence-corrected chi connectivity index (χ2v) is 6.67. The molecule has 0 saturated carbocycles. The van der Waals surface area contributed by atoms with Crippen molar-refractivity contribution in [2.45, 2.75) is 19.9 Å². The summed E-state index contributed by atoms with van der Waals surface area (Å²) in [5.41, 5.74) is 2.39. The molecule has 0 unspecified atom stereocenters. The Morgan fingerprint density at radius 1 is 1.21 bits per heavy atom. The predicted octanol–water partition coefficient (Wildman–Crippen LogP) is 3.15. The SMILES string of the molecule is Cc1[nH]nc2c1c(=O)n(CCCNC(=O)c1cccc(F)c1)c1ccccc21. The van der Waals surface area contributed by atoms with Gasteiger partial charge in [0, 0.05) is 29.7 Å². The van der Waals surface area contributed by atoms with Gasteiger partial charge in [0.2, 0.25) is 0 Å². The first-order valence-corrected chi connectivity index (χ1v) is 9.06. The topological polar surface area (TPSA) is 79.8 Å². The van der Waals surface area contributed by atoms with Crippen LogP contribution in [0.25, 0.3) is 21.8 Å². The van der Waals surface area contributed by atoms with Crippen molar-refractivity contribution in [1.29, 1.82) is 0 Å². The molecule has 0 aliphatic rings. The molecule has 0 aliphatic carbocycles. The molecular weight excluding hydrogens is 359 g/mol. The maximum Gasteiger partial charge on any atom is 0.262 e. The third-order valence-electron chi connectivity index (χ3n) is 4.79. The fraction of sp³-hybridized carbons (Fsp3) is 0.190. The molecule has 4 aromatic rings. The quantitative estimate of drug-likeness (QED) is 0.524. The number of H-pyrrole nitrogens is 1. The number of nitrogens with zero attached hydrogens (tertiary/aromatic N) is 2. The van der Waals surface area contributed by atoms with E-state index in [-0.39, 0.29) is 17.0 Å². The number of halogens is 1. The molecule has 142 valence electrons. The van der Waals surface area contributed by atoms with Crippen LogP contribution in [0.15, 0.2) is 53.3 Å². The highest BCUT2D eigenvalue weighted by Gasteiger charge is 2.15. The highest BCUT2D eigenvalue weighted by Crippen LogP contribution is 2.22. The van der Waals surface area contributed by atoms with Crippen LogP contribution in [0.4, 0.5) is 4.39 Å². The summed E-state index contributed by atoms with van der Waals surface area (Å²) in [6.45, 7) is 2.65. The third kappa shape index (κ3) is 3.15. The molecule has 28 heavy (non-hydrogen) atoms. The largest absolute Gasteiger partial charge is 0.352 e. The summed E-state index contributed by atoms with van der Waals surface area (Å²) >= 11 is 0. The Labute approximate surface area is 160 Å². The number of nitrogens with one attached hydrogen (secondary N) is 2. The number of aromatic amines is 1. The first-order valence-electron chi connectivity index (χ1n) is 9.06. The van der Waals surface area contributed by atoms with Gasteiger partial charge in [0.25, 0.3) is 11.5 Å². The molecule has 0 atom stereocenters. The lowest BCUT2D eigenvalue weighted by Crippen LogP contribution is -2.27. The summed E-state index contributed by atoms with van der Waals surface area (Å²) in [6.07, 6.45) is 0.563. The van der Waals surface area contributed by atoms with Crippen LogP contribution in [-0.2, 0) is 6.54 Å².